The van der Waals surface area contributed by atoms with Gasteiger partial charge in [0.1, 0.15) is 0 Å². The van der Waals surface area contributed by atoms with Crippen molar-refractivity contribution in [3.05, 3.63) is 29.3 Å². The number of piperidine rings is 1. The summed E-state index contributed by atoms with van der Waals surface area (Å²) in [6.07, 6.45) is 2.21. The van der Waals surface area contributed by atoms with Crippen LogP contribution in [0.5, 0.6) is 0 Å². The third-order valence-electron chi connectivity index (χ3n) is 4.32. The maximum atomic E-state index is 12.4. The van der Waals surface area contributed by atoms with Gasteiger partial charge in [-0.25, -0.2) is 0 Å². The van der Waals surface area contributed by atoms with Gasteiger partial charge in [-0.05, 0) is 42.7 Å². The van der Waals surface area contributed by atoms with Gasteiger partial charge >= 0.3 is 0 Å². The van der Waals surface area contributed by atoms with E-state index < -0.39 is 0 Å². The molecule has 1 aliphatic rings. The van der Waals surface area contributed by atoms with Gasteiger partial charge in [0, 0.05) is 18.8 Å². The second kappa shape index (κ2) is 7.08. The lowest BCUT2D eigenvalue weighted by molar-refractivity contribution is -0.117. The first-order valence-electron chi connectivity index (χ1n) is 8.10. The molecule has 1 amide bonds. The number of rotatable bonds is 4. The topological polar surface area (TPSA) is 32.3 Å². The molecule has 0 saturated carbocycles. The van der Waals surface area contributed by atoms with Crippen LogP contribution in [-0.2, 0) is 11.2 Å². The molecule has 1 aromatic carbocycles. The minimum absolute atomic E-state index is 0.111. The second-order valence-electron chi connectivity index (χ2n) is 6.65. The molecule has 21 heavy (non-hydrogen) atoms. The van der Waals surface area contributed by atoms with Crippen LogP contribution in [0.3, 0.4) is 0 Å². The Labute approximate surface area is 128 Å². The monoisotopic (exact) mass is 288 g/mol. The minimum Gasteiger partial charge on any atom is -0.324 e. The molecule has 2 rings (SSSR count). The van der Waals surface area contributed by atoms with Crippen molar-refractivity contribution < 1.29 is 4.79 Å². The van der Waals surface area contributed by atoms with Crippen LogP contribution in [0.25, 0.3) is 0 Å². The molecular formula is C18H28N2O. The maximum absolute atomic E-state index is 12.4. The summed E-state index contributed by atoms with van der Waals surface area (Å²) in [6.45, 7) is 11.3. The molecule has 2 atom stereocenters. The molecule has 1 aliphatic heterocycles. The Morgan fingerprint density at radius 3 is 2.57 bits per heavy atom. The number of aryl methyl sites for hydroxylation is 2. The van der Waals surface area contributed by atoms with Gasteiger partial charge in [0.25, 0.3) is 0 Å². The number of anilines is 1. The molecule has 116 valence electrons. The smallest absolute Gasteiger partial charge is 0.238 e. The fourth-order valence-corrected chi connectivity index (χ4v) is 3.51. The molecular weight excluding hydrogens is 260 g/mol. The van der Waals surface area contributed by atoms with E-state index in [-0.39, 0.29) is 5.91 Å². The third-order valence-corrected chi connectivity index (χ3v) is 4.32. The number of amides is 1. The number of carbonyl (C=O) groups is 1. The van der Waals surface area contributed by atoms with E-state index >= 15 is 0 Å². The zero-order chi connectivity index (χ0) is 15.4. The Bertz CT molecular complexity index is 488. The van der Waals surface area contributed by atoms with Gasteiger partial charge in [-0.1, -0.05) is 39.0 Å². The number of hydrogen-bond donors (Lipinski definition) is 1. The van der Waals surface area contributed by atoms with Crippen molar-refractivity contribution in [3.8, 4) is 0 Å². The van der Waals surface area contributed by atoms with E-state index in [2.05, 4.69) is 56.1 Å². The molecule has 0 aliphatic carbocycles. The highest BCUT2D eigenvalue weighted by molar-refractivity contribution is 5.93. The van der Waals surface area contributed by atoms with Crippen molar-refractivity contribution in [1.29, 1.82) is 0 Å². The Balaban J connectivity index is 1.99. The zero-order valence-corrected chi connectivity index (χ0v) is 13.8. The number of nitrogens with one attached hydrogen (secondary N) is 1. The van der Waals surface area contributed by atoms with Crippen molar-refractivity contribution in [3.63, 3.8) is 0 Å². The summed E-state index contributed by atoms with van der Waals surface area (Å²) in [4.78, 5) is 14.7. The summed E-state index contributed by atoms with van der Waals surface area (Å²) in [5.74, 6) is 1.48. The summed E-state index contributed by atoms with van der Waals surface area (Å²) in [7, 11) is 0. The summed E-state index contributed by atoms with van der Waals surface area (Å²) in [5, 5.41) is 3.13. The Hall–Kier alpha value is -1.35. The number of carbonyl (C=O) groups excluding carboxylic acids is 1. The number of nitrogens with zero attached hydrogens (tertiary/aromatic N) is 1. The summed E-state index contributed by atoms with van der Waals surface area (Å²) in [5.41, 5.74) is 3.36. The molecule has 1 fully saturated rings. The molecule has 3 nitrogen and oxygen atoms in total. The van der Waals surface area contributed by atoms with Gasteiger partial charge in [0.15, 0.2) is 0 Å². The number of benzene rings is 1. The van der Waals surface area contributed by atoms with Crippen molar-refractivity contribution in [2.75, 3.05) is 25.0 Å². The molecule has 0 radical (unpaired) electrons. The van der Waals surface area contributed by atoms with Crippen LogP contribution in [0.15, 0.2) is 18.2 Å². The van der Waals surface area contributed by atoms with Crippen molar-refractivity contribution in [2.45, 2.75) is 40.5 Å². The van der Waals surface area contributed by atoms with E-state index in [1.807, 2.05) is 0 Å². The normalized spacial score (nSPS) is 23.0. The number of para-hydroxylation sites is 1. The Morgan fingerprint density at radius 2 is 1.95 bits per heavy atom. The maximum Gasteiger partial charge on any atom is 0.238 e. The van der Waals surface area contributed by atoms with E-state index in [9.17, 15) is 4.79 Å². The molecule has 1 heterocycles. The number of hydrogen-bond acceptors (Lipinski definition) is 2. The Kier molecular flexibility index (Phi) is 5.40. The van der Waals surface area contributed by atoms with Gasteiger partial charge in [0.2, 0.25) is 5.91 Å². The first kappa shape index (κ1) is 16.0. The van der Waals surface area contributed by atoms with E-state index in [1.54, 1.807) is 0 Å². The average Bonchev–Trinajstić information content (AvgIpc) is 2.39. The summed E-state index contributed by atoms with van der Waals surface area (Å²) < 4.78 is 0. The molecule has 0 spiro atoms. The van der Waals surface area contributed by atoms with E-state index in [0.29, 0.717) is 18.4 Å². The highest BCUT2D eigenvalue weighted by atomic mass is 16.2. The van der Waals surface area contributed by atoms with E-state index in [4.69, 9.17) is 0 Å². The molecule has 1 saturated heterocycles. The number of likely N-dealkylation sites (tertiary alicyclic amines) is 1. The van der Waals surface area contributed by atoms with Crippen LogP contribution >= 0.6 is 0 Å². The van der Waals surface area contributed by atoms with Crippen LogP contribution in [0, 0.1) is 18.8 Å². The minimum atomic E-state index is 0.111. The highest BCUT2D eigenvalue weighted by Gasteiger charge is 2.23. The average molecular weight is 288 g/mol. The van der Waals surface area contributed by atoms with Gasteiger partial charge in [-0.3, -0.25) is 9.69 Å². The predicted octanol–water partition coefficient (Wildman–Crippen LogP) is 3.47. The zero-order valence-electron chi connectivity index (χ0n) is 13.8. The third kappa shape index (κ3) is 4.31. The fraction of sp³-hybridized carbons (Fsp3) is 0.611. The van der Waals surface area contributed by atoms with E-state index in [0.717, 1.165) is 30.8 Å². The highest BCUT2D eigenvalue weighted by Crippen LogP contribution is 2.23. The Morgan fingerprint density at radius 1 is 1.29 bits per heavy atom. The lowest BCUT2D eigenvalue weighted by Gasteiger charge is -2.34. The predicted molar refractivity (Wildman–Crippen MR) is 88.6 cm³/mol. The molecule has 0 bridgehead atoms. The molecule has 1 aromatic rings. The largest absolute Gasteiger partial charge is 0.324 e. The van der Waals surface area contributed by atoms with Gasteiger partial charge in [0.05, 0.1) is 6.54 Å². The van der Waals surface area contributed by atoms with Crippen LogP contribution < -0.4 is 5.32 Å². The molecule has 0 aromatic heterocycles. The van der Waals surface area contributed by atoms with Crippen molar-refractivity contribution >= 4 is 11.6 Å². The lowest BCUT2D eigenvalue weighted by Crippen LogP contribution is -2.42. The molecule has 0 unspecified atom stereocenters. The summed E-state index contributed by atoms with van der Waals surface area (Å²) >= 11 is 0. The van der Waals surface area contributed by atoms with Crippen LogP contribution in [0.2, 0.25) is 0 Å². The first-order chi connectivity index (χ1) is 9.99. The second-order valence-corrected chi connectivity index (χ2v) is 6.65. The summed E-state index contributed by atoms with van der Waals surface area (Å²) in [6, 6.07) is 6.20. The first-order valence-corrected chi connectivity index (χ1v) is 8.10. The van der Waals surface area contributed by atoms with Crippen molar-refractivity contribution in [1.82, 2.24) is 4.90 Å². The lowest BCUT2D eigenvalue weighted by atomic mass is 9.92. The quantitative estimate of drug-likeness (QED) is 0.920. The van der Waals surface area contributed by atoms with Gasteiger partial charge in [-0.15, -0.1) is 0 Å². The standard InChI is InChI=1S/C18H28N2O/c1-5-16-8-6-7-15(4)18(16)19-17(21)12-20-10-13(2)9-14(3)11-20/h6-8,13-14H,5,9-12H2,1-4H3,(H,19,21)/t13-,14+. The van der Waals surface area contributed by atoms with Crippen LogP contribution in [0.1, 0.15) is 38.3 Å². The van der Waals surface area contributed by atoms with Gasteiger partial charge < -0.3 is 5.32 Å². The van der Waals surface area contributed by atoms with Gasteiger partial charge in [-0.2, -0.15) is 0 Å². The fourth-order valence-electron chi connectivity index (χ4n) is 3.51. The molecule has 3 heteroatoms. The van der Waals surface area contributed by atoms with Crippen LogP contribution in [0.4, 0.5) is 5.69 Å². The van der Waals surface area contributed by atoms with Crippen LogP contribution in [-0.4, -0.2) is 30.4 Å². The SMILES string of the molecule is CCc1cccc(C)c1NC(=O)CN1C[C@H](C)C[C@H](C)C1. The van der Waals surface area contributed by atoms with Crippen molar-refractivity contribution in [2.24, 2.45) is 11.8 Å². The molecule has 1 N–H and O–H groups in total. The van der Waals surface area contributed by atoms with E-state index in [1.165, 1.54) is 12.0 Å².